The number of rotatable bonds is 0. The average molecular weight is 377 g/mol. The van der Waals surface area contributed by atoms with E-state index in [0.717, 1.165) is 0 Å². The number of hydrogen-bond acceptors (Lipinski definition) is 0. The molecule has 0 heterocycles. The fourth-order valence-corrected chi connectivity index (χ4v) is 0. The summed E-state index contributed by atoms with van der Waals surface area (Å²) in [6, 6.07) is 0. The Morgan fingerprint density at radius 2 is 1.00 bits per heavy atom. The maximum atomic E-state index is 3.23. The van der Waals surface area contributed by atoms with E-state index in [1.54, 1.807) is 0 Å². The molecule has 0 nitrogen and oxygen atoms in total. The first kappa shape index (κ1) is 10.5. The Bertz CT molecular complexity index is 11.6. The molecule has 0 aliphatic rings. The van der Waals surface area contributed by atoms with Crippen LogP contribution < -0.4 is 0 Å². The summed E-state index contributed by atoms with van der Waals surface area (Å²) in [5.74, 6) is 0. The summed E-state index contributed by atoms with van der Waals surface area (Å²) in [7, 11) is -0.639. The van der Waals surface area contributed by atoms with Gasteiger partial charge in [-0.2, -0.15) is 9.90 Å². The summed E-state index contributed by atoms with van der Waals surface area (Å²) in [6.45, 7) is 0. The fraction of sp³-hybridized carbons (Fsp3) is 0. The third-order valence-electron chi connectivity index (χ3n) is 0. The number of hydrogen-bond donors (Lipinski definition) is 0. The summed E-state index contributed by atoms with van der Waals surface area (Å²) in [4.78, 5) is 0. The van der Waals surface area contributed by atoms with E-state index in [1.165, 1.54) is 0 Å². The summed E-state index contributed by atoms with van der Waals surface area (Å²) in [5, 5.41) is 0. The van der Waals surface area contributed by atoms with Crippen molar-refractivity contribution in [3.8, 4) is 0 Å². The predicted molar refractivity (Wildman–Crippen MR) is 37.9 cm³/mol. The Labute approximate surface area is 60.1 Å². The third kappa shape index (κ3) is 21.1. The van der Waals surface area contributed by atoms with Crippen LogP contribution >= 0.6 is 50.8 Å². The first-order chi connectivity index (χ1) is 1.73. The van der Waals surface area contributed by atoms with Gasteiger partial charge in [-0.3, -0.25) is 0 Å². The van der Waals surface area contributed by atoms with E-state index in [2.05, 4.69) is 40.9 Å². The summed E-state index contributed by atoms with van der Waals surface area (Å²) < 4.78 is 0. The molecule has 5 heavy (non-hydrogen) atoms. The van der Waals surface area contributed by atoms with Gasteiger partial charge in [0.2, 0.25) is 0 Å². The van der Waals surface area contributed by atoms with E-state index < -0.39 is 10.1 Å². The van der Waals surface area contributed by atoms with Crippen LogP contribution in [0.4, 0.5) is 0 Å². The van der Waals surface area contributed by atoms with Crippen molar-refractivity contribution < 1.29 is 10.1 Å². The quantitative estimate of drug-likeness (QED) is 0.450. The fourth-order valence-electron chi connectivity index (χ4n) is 0. The van der Waals surface area contributed by atoms with Crippen LogP contribution in [0.15, 0.2) is 0 Å². The van der Waals surface area contributed by atoms with E-state index in [1.807, 2.05) is 0 Å². The summed E-state index contributed by atoms with van der Waals surface area (Å²) in [5.41, 5.74) is 0. The van der Waals surface area contributed by atoms with Crippen LogP contribution in [0.3, 0.4) is 0 Å². The van der Waals surface area contributed by atoms with E-state index in [9.17, 15) is 0 Å². The molecule has 0 aromatic rings. The second-order valence-electron chi connectivity index (χ2n) is 0.143. The average Bonchev–Trinajstić information content (AvgIpc) is 0.811. The van der Waals surface area contributed by atoms with Crippen LogP contribution in [-0.2, 0) is 10.1 Å². The summed E-state index contributed by atoms with van der Waals surface area (Å²) in [6.07, 6.45) is 0. The Morgan fingerprint density at radius 1 is 1.00 bits per heavy atom. The second-order valence-corrected chi connectivity index (χ2v) is 22.8. The van der Waals surface area contributed by atoms with E-state index in [-0.39, 0.29) is 9.90 Å². The molecule has 0 radical (unpaired) electrons. The molecular weight excluding hydrogens is 374 g/mol. The molecule has 0 saturated heterocycles. The third-order valence-corrected chi connectivity index (χ3v) is 0. The van der Waals surface area contributed by atoms with Gasteiger partial charge in [-0.1, -0.05) is 0 Å². The SMILES string of the molecule is P.[Br][Rh]([Br])[Br]. The van der Waals surface area contributed by atoms with Crippen molar-refractivity contribution in [3.05, 3.63) is 0 Å². The zero-order valence-corrected chi connectivity index (χ0v) is 9.99. The molecule has 0 aliphatic heterocycles. The van der Waals surface area contributed by atoms with Crippen LogP contribution in [0.1, 0.15) is 0 Å². The van der Waals surface area contributed by atoms with Crippen LogP contribution in [-0.4, -0.2) is 0 Å². The van der Waals surface area contributed by atoms with Crippen molar-refractivity contribution in [1.82, 2.24) is 0 Å². The Balaban J connectivity index is 0. The molecule has 0 aliphatic carbocycles. The normalized spacial score (nSPS) is 9.00. The van der Waals surface area contributed by atoms with Gasteiger partial charge in [-0.25, -0.2) is 0 Å². The van der Waals surface area contributed by atoms with Gasteiger partial charge in [0.15, 0.2) is 0 Å². The second kappa shape index (κ2) is 6.49. The Morgan fingerprint density at radius 3 is 1.00 bits per heavy atom. The molecule has 0 aromatic carbocycles. The van der Waals surface area contributed by atoms with Crippen molar-refractivity contribution in [2.45, 2.75) is 0 Å². The molecule has 0 bridgehead atoms. The molecule has 0 spiro atoms. The van der Waals surface area contributed by atoms with Gasteiger partial charge < -0.3 is 0 Å². The Kier molecular flexibility index (Phi) is 13.6. The van der Waals surface area contributed by atoms with Gasteiger partial charge in [-0.05, 0) is 0 Å². The monoisotopic (exact) mass is 374 g/mol. The van der Waals surface area contributed by atoms with Gasteiger partial charge >= 0.3 is 50.9 Å². The molecule has 0 rings (SSSR count). The molecular formula is H3Br3PRh. The van der Waals surface area contributed by atoms with Crippen LogP contribution in [0.2, 0.25) is 0 Å². The van der Waals surface area contributed by atoms with Crippen molar-refractivity contribution in [1.29, 1.82) is 0 Å². The topological polar surface area (TPSA) is 0 Å². The summed E-state index contributed by atoms with van der Waals surface area (Å²) >= 11 is 9.70. The Hall–Kier alpha value is 2.49. The maximum absolute atomic E-state index is 3.23. The van der Waals surface area contributed by atoms with E-state index >= 15 is 0 Å². The van der Waals surface area contributed by atoms with Crippen LogP contribution in [0.25, 0.3) is 0 Å². The zero-order chi connectivity index (χ0) is 3.58. The number of halogens is 3. The zero-order valence-electron chi connectivity index (χ0n) is 2.17. The molecule has 38 valence electrons. The molecule has 0 aromatic heterocycles. The van der Waals surface area contributed by atoms with E-state index in [0.29, 0.717) is 0 Å². The van der Waals surface area contributed by atoms with Crippen LogP contribution in [0, 0.1) is 0 Å². The standard InChI is InChI=1S/3BrH.H3P.Rh/h3*1H;1H3;/q;;;;+3/p-3. The van der Waals surface area contributed by atoms with Gasteiger partial charge in [-0.15, -0.1) is 0 Å². The first-order valence-electron chi connectivity index (χ1n) is 0.378. The molecule has 1 unspecified atom stereocenters. The van der Waals surface area contributed by atoms with Crippen molar-refractivity contribution in [2.24, 2.45) is 0 Å². The van der Waals surface area contributed by atoms with Crippen LogP contribution in [0.5, 0.6) is 0 Å². The molecule has 0 N–H and O–H groups in total. The van der Waals surface area contributed by atoms with Crippen molar-refractivity contribution in [3.63, 3.8) is 0 Å². The molecule has 5 heteroatoms. The minimum absolute atomic E-state index is 0. The van der Waals surface area contributed by atoms with Crippen molar-refractivity contribution >= 4 is 50.8 Å². The van der Waals surface area contributed by atoms with Gasteiger partial charge in [0.25, 0.3) is 0 Å². The van der Waals surface area contributed by atoms with Gasteiger partial charge in [0.1, 0.15) is 0 Å². The van der Waals surface area contributed by atoms with Gasteiger partial charge in [0.05, 0.1) is 0 Å². The van der Waals surface area contributed by atoms with E-state index in [4.69, 9.17) is 0 Å². The molecule has 0 fully saturated rings. The predicted octanol–water partition coefficient (Wildman–Crippen LogP) is 2.59. The van der Waals surface area contributed by atoms with Gasteiger partial charge in [0, 0.05) is 0 Å². The molecule has 0 saturated carbocycles. The molecule has 0 amide bonds. The molecule has 1 atom stereocenters. The minimum atomic E-state index is -0.639. The van der Waals surface area contributed by atoms with Crippen molar-refractivity contribution in [2.75, 3.05) is 0 Å². The first-order valence-corrected chi connectivity index (χ1v) is 11.6.